The number of carbonyl (C=O) groups excluding carboxylic acids is 1. The van der Waals surface area contributed by atoms with Gasteiger partial charge in [-0.3, -0.25) is 0 Å². The van der Waals surface area contributed by atoms with Crippen molar-refractivity contribution >= 4 is 25.2 Å². The van der Waals surface area contributed by atoms with Gasteiger partial charge >= 0.3 is 148 Å². The molecule has 0 aliphatic heterocycles. The molecule has 0 heterocycles. The molecular weight excluding hydrogens is 359 g/mol. The van der Waals surface area contributed by atoms with E-state index in [-0.39, 0.29) is 25.7 Å². The molecule has 0 unspecified atom stereocenters. The molecule has 0 saturated heterocycles. The molecule has 24 heavy (non-hydrogen) atoms. The van der Waals surface area contributed by atoms with E-state index in [4.69, 9.17) is 0 Å². The minimum atomic E-state index is -0.0447. The molecule has 2 aliphatic rings. The standard InChI is InChI=1S/C22H16OSe/c23-22-19(24-15-8-2-1-3-9-15)13-14-7-6-12-17-16-10-4-5-11-18(16)21(22)20(14)17/h1-12,19,21H,13H2/t19-,21+/m0/s1. The second-order valence-corrected chi connectivity index (χ2v) is 9.10. The summed E-state index contributed by atoms with van der Waals surface area (Å²) in [4.78, 5) is 13.5. The average molecular weight is 375 g/mol. The van der Waals surface area contributed by atoms with Crippen LogP contribution in [-0.4, -0.2) is 20.7 Å². The summed E-state index contributed by atoms with van der Waals surface area (Å²) in [6, 6.07) is 25.5. The van der Waals surface area contributed by atoms with Gasteiger partial charge in [-0.05, 0) is 0 Å². The van der Waals surface area contributed by atoms with Crippen LogP contribution in [0.15, 0.2) is 72.8 Å². The predicted molar refractivity (Wildman–Crippen MR) is 98.0 cm³/mol. The fourth-order valence-electron chi connectivity index (χ4n) is 4.06. The molecule has 2 aliphatic carbocycles. The predicted octanol–water partition coefficient (Wildman–Crippen LogP) is 3.74. The summed E-state index contributed by atoms with van der Waals surface area (Å²) >= 11 is 0.184. The molecule has 0 bridgehead atoms. The van der Waals surface area contributed by atoms with Crippen molar-refractivity contribution in [2.24, 2.45) is 0 Å². The molecule has 3 aromatic carbocycles. The van der Waals surface area contributed by atoms with Gasteiger partial charge in [0.25, 0.3) is 0 Å². The van der Waals surface area contributed by atoms with Crippen molar-refractivity contribution in [3.8, 4) is 11.1 Å². The Kier molecular flexibility index (Phi) is 3.22. The third kappa shape index (κ3) is 2.04. The van der Waals surface area contributed by atoms with Gasteiger partial charge in [0.1, 0.15) is 0 Å². The van der Waals surface area contributed by atoms with Crippen molar-refractivity contribution in [1.82, 2.24) is 0 Å². The molecule has 1 nitrogen and oxygen atoms in total. The van der Waals surface area contributed by atoms with E-state index in [9.17, 15) is 4.79 Å². The van der Waals surface area contributed by atoms with Crippen LogP contribution in [0, 0.1) is 0 Å². The maximum absolute atomic E-state index is 13.3. The van der Waals surface area contributed by atoms with Crippen molar-refractivity contribution in [2.45, 2.75) is 17.2 Å². The van der Waals surface area contributed by atoms with Crippen LogP contribution < -0.4 is 4.46 Å². The van der Waals surface area contributed by atoms with Gasteiger partial charge in [0.05, 0.1) is 0 Å². The third-order valence-electron chi connectivity index (χ3n) is 5.08. The van der Waals surface area contributed by atoms with Crippen molar-refractivity contribution in [3.05, 3.63) is 89.5 Å². The van der Waals surface area contributed by atoms with Crippen molar-refractivity contribution in [3.63, 3.8) is 0 Å². The molecule has 0 amide bonds. The molecule has 0 N–H and O–H groups in total. The molecule has 2 heteroatoms. The van der Waals surface area contributed by atoms with Crippen LogP contribution in [0.4, 0.5) is 0 Å². The van der Waals surface area contributed by atoms with E-state index in [2.05, 4.69) is 66.7 Å². The minimum absolute atomic E-state index is 0.0447. The first-order valence-corrected chi connectivity index (χ1v) is 10.1. The fraction of sp³-hybridized carbons (Fsp3) is 0.136. The molecular formula is C22H16OSe. The van der Waals surface area contributed by atoms with Gasteiger partial charge in [-0.2, -0.15) is 0 Å². The second kappa shape index (κ2) is 5.44. The number of carbonyl (C=O) groups is 1. The zero-order valence-electron chi connectivity index (χ0n) is 13.1. The van der Waals surface area contributed by atoms with Gasteiger partial charge in [-0.25, -0.2) is 0 Å². The van der Waals surface area contributed by atoms with Crippen LogP contribution in [0.25, 0.3) is 11.1 Å². The molecule has 0 saturated carbocycles. The van der Waals surface area contributed by atoms with Crippen molar-refractivity contribution < 1.29 is 4.79 Å². The summed E-state index contributed by atoms with van der Waals surface area (Å²) in [5.41, 5.74) is 6.38. The first-order chi connectivity index (χ1) is 11.8. The quantitative estimate of drug-likeness (QED) is 0.624. The van der Waals surface area contributed by atoms with E-state index in [1.165, 1.54) is 32.3 Å². The molecule has 0 radical (unpaired) electrons. The summed E-state index contributed by atoms with van der Waals surface area (Å²) in [7, 11) is 0. The van der Waals surface area contributed by atoms with E-state index < -0.39 is 0 Å². The van der Waals surface area contributed by atoms with Crippen molar-refractivity contribution in [2.75, 3.05) is 0 Å². The second-order valence-electron chi connectivity index (χ2n) is 6.42. The number of Topliss-reactive ketones (excluding diaryl/α,β-unsaturated/α-hetero) is 1. The van der Waals surface area contributed by atoms with Gasteiger partial charge in [0.15, 0.2) is 0 Å². The SMILES string of the molecule is O=C1[C@@H]2c3ccccc3-c3cccc(c32)C[C@@H]1[Se]c1ccccc1. The fourth-order valence-corrected chi connectivity index (χ4v) is 6.49. The van der Waals surface area contributed by atoms with Gasteiger partial charge in [0, 0.05) is 0 Å². The summed E-state index contributed by atoms with van der Waals surface area (Å²) in [5, 5.41) is 0. The van der Waals surface area contributed by atoms with E-state index in [1.54, 1.807) is 0 Å². The van der Waals surface area contributed by atoms with Gasteiger partial charge in [0.2, 0.25) is 0 Å². The first-order valence-electron chi connectivity index (χ1n) is 8.29. The normalized spacial score (nSPS) is 20.6. The number of hydrogen-bond acceptors (Lipinski definition) is 1. The third-order valence-corrected chi connectivity index (χ3v) is 7.65. The Bertz CT molecular complexity index is 945. The number of ketones is 1. The zero-order valence-corrected chi connectivity index (χ0v) is 14.8. The van der Waals surface area contributed by atoms with E-state index in [1.807, 2.05) is 6.07 Å². The van der Waals surface area contributed by atoms with Crippen LogP contribution in [0.2, 0.25) is 4.82 Å². The molecule has 0 aromatic heterocycles. The number of fused-ring (bicyclic) bond motifs is 3. The Balaban J connectivity index is 1.62. The molecule has 5 rings (SSSR count). The molecule has 2 atom stereocenters. The van der Waals surface area contributed by atoms with Crippen LogP contribution in [-0.2, 0) is 11.2 Å². The van der Waals surface area contributed by atoms with Crippen LogP contribution in [0.1, 0.15) is 22.6 Å². The topological polar surface area (TPSA) is 17.1 Å². The number of benzene rings is 3. The van der Waals surface area contributed by atoms with Gasteiger partial charge < -0.3 is 0 Å². The van der Waals surface area contributed by atoms with Gasteiger partial charge in [-0.15, -0.1) is 0 Å². The Morgan fingerprint density at radius 3 is 2.42 bits per heavy atom. The molecule has 0 spiro atoms. The molecule has 116 valence electrons. The Labute approximate surface area is 147 Å². The Morgan fingerprint density at radius 1 is 0.792 bits per heavy atom. The van der Waals surface area contributed by atoms with Crippen LogP contribution in [0.5, 0.6) is 0 Å². The van der Waals surface area contributed by atoms with Gasteiger partial charge in [-0.1, -0.05) is 0 Å². The van der Waals surface area contributed by atoms with Crippen LogP contribution in [0.3, 0.4) is 0 Å². The summed E-state index contributed by atoms with van der Waals surface area (Å²) in [5.74, 6) is 0.375. The Hall–Kier alpha value is -2.15. The number of rotatable bonds is 2. The monoisotopic (exact) mass is 376 g/mol. The number of hydrogen-bond donors (Lipinski definition) is 0. The van der Waals surface area contributed by atoms with E-state index in [0.29, 0.717) is 5.78 Å². The summed E-state index contributed by atoms with van der Waals surface area (Å²) in [6.07, 6.45) is 0.890. The first kappa shape index (κ1) is 14.2. The summed E-state index contributed by atoms with van der Waals surface area (Å²) < 4.78 is 1.31. The molecule has 0 fully saturated rings. The van der Waals surface area contributed by atoms with E-state index in [0.717, 1.165) is 6.42 Å². The van der Waals surface area contributed by atoms with E-state index >= 15 is 0 Å². The average Bonchev–Trinajstić information content (AvgIpc) is 2.97. The zero-order chi connectivity index (χ0) is 16.1. The van der Waals surface area contributed by atoms with Crippen LogP contribution >= 0.6 is 0 Å². The maximum atomic E-state index is 13.3. The summed E-state index contributed by atoms with van der Waals surface area (Å²) in [6.45, 7) is 0. The molecule has 3 aromatic rings. The van der Waals surface area contributed by atoms with Crippen molar-refractivity contribution in [1.29, 1.82) is 0 Å². The Morgan fingerprint density at radius 2 is 1.54 bits per heavy atom.